The molecule has 0 amide bonds. The van der Waals surface area contributed by atoms with Gasteiger partial charge in [0.2, 0.25) is 5.16 Å². The molecule has 0 unspecified atom stereocenters. The van der Waals surface area contributed by atoms with E-state index in [1.165, 1.54) is 48.5 Å². The SMILES string of the molecule is CSc1nnc(C(C)C)c(=O)n1/N=C/C1CCCCC1. The van der Waals surface area contributed by atoms with Gasteiger partial charge in [0.1, 0.15) is 5.69 Å². The van der Waals surface area contributed by atoms with Gasteiger partial charge < -0.3 is 0 Å². The molecule has 0 radical (unpaired) electrons. The van der Waals surface area contributed by atoms with Crippen LogP contribution in [0.5, 0.6) is 0 Å². The molecule has 1 aliphatic carbocycles. The van der Waals surface area contributed by atoms with Crippen molar-refractivity contribution in [3.63, 3.8) is 0 Å². The predicted molar refractivity (Wildman–Crippen MR) is 82.6 cm³/mol. The molecule has 0 saturated heterocycles. The molecule has 6 heteroatoms. The zero-order chi connectivity index (χ0) is 14.5. The summed E-state index contributed by atoms with van der Waals surface area (Å²) in [6.07, 6.45) is 9.97. The number of thioether (sulfide) groups is 1. The summed E-state index contributed by atoms with van der Waals surface area (Å²) in [4.78, 5) is 12.4. The highest BCUT2D eigenvalue weighted by atomic mass is 32.2. The Labute approximate surface area is 123 Å². The van der Waals surface area contributed by atoms with Crippen molar-refractivity contribution in [2.75, 3.05) is 6.26 Å². The molecule has 0 N–H and O–H groups in total. The molecule has 1 saturated carbocycles. The second-order valence-corrected chi connectivity index (χ2v) is 6.28. The van der Waals surface area contributed by atoms with Gasteiger partial charge in [-0.25, -0.2) is 0 Å². The summed E-state index contributed by atoms with van der Waals surface area (Å²) in [5.74, 6) is 0.544. The fourth-order valence-electron chi connectivity index (χ4n) is 2.41. The summed E-state index contributed by atoms with van der Waals surface area (Å²) in [6.45, 7) is 3.89. The fraction of sp³-hybridized carbons (Fsp3) is 0.714. The van der Waals surface area contributed by atoms with Gasteiger partial charge >= 0.3 is 0 Å². The summed E-state index contributed by atoms with van der Waals surface area (Å²) in [6, 6.07) is 0. The quantitative estimate of drug-likeness (QED) is 0.633. The lowest BCUT2D eigenvalue weighted by molar-refractivity contribution is 0.442. The van der Waals surface area contributed by atoms with Gasteiger partial charge in [-0.2, -0.15) is 9.78 Å². The van der Waals surface area contributed by atoms with E-state index in [0.29, 0.717) is 16.8 Å². The lowest BCUT2D eigenvalue weighted by Gasteiger charge is -2.17. The lowest BCUT2D eigenvalue weighted by atomic mass is 9.90. The Morgan fingerprint density at radius 2 is 2.00 bits per heavy atom. The second kappa shape index (κ2) is 7.02. The first-order chi connectivity index (χ1) is 9.63. The molecule has 1 aliphatic rings. The minimum Gasteiger partial charge on any atom is -0.265 e. The molecule has 20 heavy (non-hydrogen) atoms. The van der Waals surface area contributed by atoms with Gasteiger partial charge in [-0.05, 0) is 25.0 Å². The van der Waals surface area contributed by atoms with Crippen LogP contribution in [0, 0.1) is 5.92 Å². The van der Waals surface area contributed by atoms with Gasteiger partial charge in [0.15, 0.2) is 0 Å². The Bertz CT molecular complexity index is 532. The van der Waals surface area contributed by atoms with Crippen LogP contribution in [0.15, 0.2) is 15.1 Å². The van der Waals surface area contributed by atoms with Crippen molar-refractivity contribution in [3.8, 4) is 0 Å². The molecule has 0 bridgehead atoms. The fourth-order valence-corrected chi connectivity index (χ4v) is 2.84. The summed E-state index contributed by atoms with van der Waals surface area (Å²) in [5, 5.41) is 13.1. The minimum absolute atomic E-state index is 0.0574. The monoisotopic (exact) mass is 294 g/mol. The van der Waals surface area contributed by atoms with Gasteiger partial charge in [0.25, 0.3) is 5.56 Å². The molecule has 5 nitrogen and oxygen atoms in total. The van der Waals surface area contributed by atoms with E-state index < -0.39 is 0 Å². The van der Waals surface area contributed by atoms with Gasteiger partial charge in [-0.15, -0.1) is 10.2 Å². The zero-order valence-electron chi connectivity index (χ0n) is 12.4. The summed E-state index contributed by atoms with van der Waals surface area (Å²) >= 11 is 1.39. The molecule has 0 atom stereocenters. The van der Waals surface area contributed by atoms with Crippen molar-refractivity contribution in [1.29, 1.82) is 0 Å². The van der Waals surface area contributed by atoms with Crippen molar-refractivity contribution >= 4 is 18.0 Å². The maximum absolute atomic E-state index is 12.4. The van der Waals surface area contributed by atoms with Gasteiger partial charge in [-0.1, -0.05) is 44.9 Å². The van der Waals surface area contributed by atoms with Crippen LogP contribution >= 0.6 is 11.8 Å². The van der Waals surface area contributed by atoms with E-state index in [1.807, 2.05) is 26.3 Å². The van der Waals surface area contributed by atoms with E-state index in [4.69, 9.17) is 0 Å². The van der Waals surface area contributed by atoms with Gasteiger partial charge in [0, 0.05) is 12.1 Å². The van der Waals surface area contributed by atoms with E-state index in [0.717, 1.165) is 0 Å². The van der Waals surface area contributed by atoms with E-state index in [-0.39, 0.29) is 11.5 Å². The second-order valence-electron chi connectivity index (χ2n) is 5.51. The smallest absolute Gasteiger partial charge is 0.265 e. The Kier molecular flexibility index (Phi) is 5.34. The van der Waals surface area contributed by atoms with Crippen LogP contribution in [-0.2, 0) is 0 Å². The molecule has 0 spiro atoms. The first kappa shape index (κ1) is 15.2. The standard InChI is InChI=1S/C14H22N4OS/c1-10(2)12-13(19)18(14(20-3)17-16-12)15-9-11-7-5-4-6-8-11/h9-11H,4-8H2,1-3H3/b15-9+. The van der Waals surface area contributed by atoms with E-state index >= 15 is 0 Å². The first-order valence-corrected chi connectivity index (χ1v) is 8.44. The summed E-state index contributed by atoms with van der Waals surface area (Å²) in [7, 11) is 0. The molecule has 1 aromatic rings. The number of hydrogen-bond acceptors (Lipinski definition) is 5. The highest BCUT2D eigenvalue weighted by Gasteiger charge is 2.15. The highest BCUT2D eigenvalue weighted by molar-refractivity contribution is 7.98. The van der Waals surface area contributed by atoms with Gasteiger partial charge in [-0.3, -0.25) is 4.79 Å². The molecule has 1 heterocycles. The topological polar surface area (TPSA) is 60.1 Å². The Morgan fingerprint density at radius 1 is 1.30 bits per heavy atom. The Balaban J connectivity index is 2.30. The third-order valence-corrected chi connectivity index (χ3v) is 4.23. The van der Waals surface area contributed by atoms with E-state index in [1.54, 1.807) is 0 Å². The van der Waals surface area contributed by atoms with Crippen molar-refractivity contribution < 1.29 is 0 Å². The van der Waals surface area contributed by atoms with Crippen LogP contribution < -0.4 is 5.56 Å². The first-order valence-electron chi connectivity index (χ1n) is 7.21. The van der Waals surface area contributed by atoms with Crippen LogP contribution in [0.1, 0.15) is 57.6 Å². The molecular weight excluding hydrogens is 272 g/mol. The highest BCUT2D eigenvalue weighted by Crippen LogP contribution is 2.22. The van der Waals surface area contributed by atoms with Crippen LogP contribution in [0.3, 0.4) is 0 Å². The van der Waals surface area contributed by atoms with Crippen LogP contribution in [0.25, 0.3) is 0 Å². The molecule has 1 aromatic heterocycles. The predicted octanol–water partition coefficient (Wildman–Crippen LogP) is 2.90. The average Bonchev–Trinajstić information content (AvgIpc) is 2.46. The molecular formula is C14H22N4OS. The Morgan fingerprint density at radius 3 is 2.60 bits per heavy atom. The van der Waals surface area contributed by atoms with Crippen LogP contribution in [-0.4, -0.2) is 27.3 Å². The summed E-state index contributed by atoms with van der Waals surface area (Å²) in [5.41, 5.74) is 0.329. The summed E-state index contributed by atoms with van der Waals surface area (Å²) < 4.78 is 1.40. The number of nitrogens with zero attached hydrogens (tertiary/aromatic N) is 4. The molecule has 0 aromatic carbocycles. The van der Waals surface area contributed by atoms with Crippen molar-refractivity contribution in [2.24, 2.45) is 11.0 Å². The third kappa shape index (κ3) is 3.48. The maximum Gasteiger partial charge on any atom is 0.297 e. The molecule has 110 valence electrons. The zero-order valence-corrected chi connectivity index (χ0v) is 13.2. The van der Waals surface area contributed by atoms with E-state index in [9.17, 15) is 4.79 Å². The maximum atomic E-state index is 12.4. The van der Waals surface area contributed by atoms with Crippen LogP contribution in [0.4, 0.5) is 0 Å². The minimum atomic E-state index is -0.147. The largest absolute Gasteiger partial charge is 0.297 e. The lowest BCUT2D eigenvalue weighted by Crippen LogP contribution is -2.26. The molecule has 2 rings (SSSR count). The van der Waals surface area contributed by atoms with Crippen molar-refractivity contribution in [1.82, 2.24) is 14.9 Å². The Hall–Kier alpha value is -1.17. The number of rotatable bonds is 4. The number of aromatic nitrogens is 3. The molecule has 1 fully saturated rings. The third-order valence-electron chi connectivity index (χ3n) is 3.61. The van der Waals surface area contributed by atoms with Crippen molar-refractivity contribution in [2.45, 2.75) is 57.0 Å². The van der Waals surface area contributed by atoms with E-state index in [2.05, 4.69) is 15.3 Å². The van der Waals surface area contributed by atoms with Gasteiger partial charge in [0.05, 0.1) is 0 Å². The average molecular weight is 294 g/mol. The number of hydrogen-bond donors (Lipinski definition) is 0. The molecule has 0 aliphatic heterocycles. The van der Waals surface area contributed by atoms with Crippen molar-refractivity contribution in [3.05, 3.63) is 16.0 Å². The normalized spacial score (nSPS) is 17.2. The van der Waals surface area contributed by atoms with Crippen LogP contribution in [0.2, 0.25) is 0 Å².